The van der Waals surface area contributed by atoms with Crippen molar-refractivity contribution in [1.29, 1.82) is 0 Å². The van der Waals surface area contributed by atoms with Crippen molar-refractivity contribution in [2.45, 2.75) is 168 Å². The highest BCUT2D eigenvalue weighted by atomic mass is 16.6. The maximum absolute atomic E-state index is 12.4. The molecule has 7 N–H and O–H groups in total. The molecule has 4 aliphatic rings. The van der Waals surface area contributed by atoms with E-state index in [1.165, 1.54) is 57.8 Å². The van der Waals surface area contributed by atoms with Crippen LogP contribution in [0.4, 0.5) is 0 Å². The molecule has 4 rings (SSSR count). The summed E-state index contributed by atoms with van der Waals surface area (Å²) < 4.78 is 15.8. The molecule has 3 saturated carbocycles. The van der Waals surface area contributed by atoms with E-state index in [0.717, 1.165) is 54.6 Å². The molecule has 10 heteroatoms. The predicted molar refractivity (Wildman–Crippen MR) is 224 cm³/mol. The van der Waals surface area contributed by atoms with Crippen LogP contribution < -0.4 is 17.2 Å². The average molecular weight is 786 g/mol. The standard InChI is InChI=1S/C33H55NO2.C13H24N2O5/c1-7-25(34)12-16-31(35)36-26-17-19-32(5)24(21-26)11-13-27-29-15-14-28(23(4)10-8-9-22(2)3)33(29,6)20-18-30(27)32;1-2-19-9-11(17)13(10(16)5-3-7-14)20-12(18)6-4-8-15/h7,11,22-23,25-30H,1,8-10,12-21,34H2,2-6H3;2,11,13,17H,1,3-9,14-15H2/t23-,25?,26?,27?,28-,29?,30?,32+,33-;/m1./s1. The van der Waals surface area contributed by atoms with E-state index < -0.39 is 18.2 Å². The summed E-state index contributed by atoms with van der Waals surface area (Å²) >= 11 is 0. The maximum atomic E-state index is 12.4. The van der Waals surface area contributed by atoms with E-state index >= 15 is 0 Å². The summed E-state index contributed by atoms with van der Waals surface area (Å²) in [4.78, 5) is 35.9. The second-order valence-corrected chi connectivity index (χ2v) is 18.3. The molecular formula is C46H79N3O7. The summed E-state index contributed by atoms with van der Waals surface area (Å²) in [6.07, 6.45) is 19.5. The van der Waals surface area contributed by atoms with Gasteiger partial charge in [-0.3, -0.25) is 14.4 Å². The molecule has 0 aromatic rings. The van der Waals surface area contributed by atoms with Gasteiger partial charge in [-0.25, -0.2) is 0 Å². The molecule has 0 aromatic heterocycles. The number of ether oxygens (including phenoxy) is 3. The van der Waals surface area contributed by atoms with Crippen molar-refractivity contribution in [3.8, 4) is 0 Å². The van der Waals surface area contributed by atoms with Crippen molar-refractivity contribution in [2.75, 3.05) is 19.7 Å². The number of ketones is 1. The summed E-state index contributed by atoms with van der Waals surface area (Å²) in [5.41, 5.74) is 18.9. The van der Waals surface area contributed by atoms with Crippen LogP contribution in [-0.4, -0.2) is 66.9 Å². The first kappa shape index (κ1) is 47.8. The number of Topliss-reactive ketones (excluding diaryl/α,β-unsaturated/α-hetero) is 1. The fraction of sp³-hybridized carbons (Fsp3) is 0.804. The zero-order chi connectivity index (χ0) is 41.5. The van der Waals surface area contributed by atoms with E-state index in [2.05, 4.69) is 53.9 Å². The van der Waals surface area contributed by atoms with E-state index in [1.54, 1.807) is 11.6 Å². The van der Waals surface area contributed by atoms with Crippen molar-refractivity contribution < 1.29 is 33.7 Å². The van der Waals surface area contributed by atoms with Gasteiger partial charge in [0, 0.05) is 31.7 Å². The monoisotopic (exact) mass is 786 g/mol. The number of rotatable bonds is 22. The number of aliphatic hydroxyl groups excluding tert-OH is 1. The Balaban J connectivity index is 0.000000359. The summed E-state index contributed by atoms with van der Waals surface area (Å²) in [7, 11) is 0. The zero-order valence-corrected chi connectivity index (χ0v) is 35.7. The Morgan fingerprint density at radius 2 is 1.62 bits per heavy atom. The van der Waals surface area contributed by atoms with Crippen LogP contribution in [0.1, 0.15) is 144 Å². The second kappa shape index (κ2) is 23.2. The van der Waals surface area contributed by atoms with Gasteiger partial charge in [-0.15, -0.1) is 6.58 Å². The number of hydrogen-bond donors (Lipinski definition) is 4. The van der Waals surface area contributed by atoms with Crippen LogP contribution in [0.2, 0.25) is 0 Å². The van der Waals surface area contributed by atoms with Crippen LogP contribution in [0.15, 0.2) is 37.1 Å². The Bertz CT molecular complexity index is 1300. The second-order valence-electron chi connectivity index (χ2n) is 18.3. The first-order valence-corrected chi connectivity index (χ1v) is 21.9. The van der Waals surface area contributed by atoms with E-state index in [1.807, 2.05) is 0 Å². The van der Waals surface area contributed by atoms with Gasteiger partial charge in [-0.1, -0.05) is 78.2 Å². The smallest absolute Gasteiger partial charge is 0.306 e. The number of aliphatic hydroxyl groups is 1. The Labute approximate surface area is 339 Å². The fourth-order valence-corrected chi connectivity index (χ4v) is 10.9. The van der Waals surface area contributed by atoms with Crippen molar-refractivity contribution in [1.82, 2.24) is 0 Å². The van der Waals surface area contributed by atoms with Gasteiger partial charge in [0.2, 0.25) is 0 Å². The largest absolute Gasteiger partial charge is 0.499 e. The summed E-state index contributed by atoms with van der Waals surface area (Å²) in [6.45, 7) is 20.1. The van der Waals surface area contributed by atoms with Crippen molar-refractivity contribution in [2.24, 2.45) is 63.5 Å². The van der Waals surface area contributed by atoms with Gasteiger partial charge in [0.25, 0.3) is 0 Å². The van der Waals surface area contributed by atoms with Crippen LogP contribution in [0.3, 0.4) is 0 Å². The quantitative estimate of drug-likeness (QED) is 0.0483. The van der Waals surface area contributed by atoms with Gasteiger partial charge >= 0.3 is 11.9 Å². The highest BCUT2D eigenvalue weighted by molar-refractivity contribution is 5.86. The lowest BCUT2D eigenvalue weighted by Gasteiger charge is -2.58. The molecule has 3 fully saturated rings. The topological polar surface area (TPSA) is 177 Å². The maximum Gasteiger partial charge on any atom is 0.306 e. The van der Waals surface area contributed by atoms with Crippen LogP contribution >= 0.6 is 0 Å². The Hall–Kier alpha value is -2.53. The third kappa shape index (κ3) is 13.0. The van der Waals surface area contributed by atoms with E-state index in [0.29, 0.717) is 49.6 Å². The number of esters is 2. The lowest BCUT2D eigenvalue weighted by molar-refractivity contribution is -0.163. The van der Waals surface area contributed by atoms with E-state index in [4.69, 9.17) is 31.4 Å². The van der Waals surface area contributed by atoms with Gasteiger partial charge in [-0.2, -0.15) is 0 Å². The number of nitrogens with two attached hydrogens (primary N) is 3. The van der Waals surface area contributed by atoms with Crippen molar-refractivity contribution in [3.63, 3.8) is 0 Å². The molecule has 0 amide bonds. The molecule has 7 unspecified atom stereocenters. The molecule has 56 heavy (non-hydrogen) atoms. The summed E-state index contributed by atoms with van der Waals surface area (Å²) in [6, 6.07) is -0.125. The van der Waals surface area contributed by atoms with Crippen molar-refractivity contribution >= 4 is 17.7 Å². The van der Waals surface area contributed by atoms with Gasteiger partial charge in [-0.05, 0) is 124 Å². The third-order valence-corrected chi connectivity index (χ3v) is 14.1. The molecule has 10 nitrogen and oxygen atoms in total. The number of fused-ring (bicyclic) bond motifs is 5. The predicted octanol–water partition coefficient (Wildman–Crippen LogP) is 7.70. The van der Waals surface area contributed by atoms with Gasteiger partial charge in [0.05, 0.1) is 6.26 Å². The molecule has 0 saturated heterocycles. The SMILES string of the molecule is C=CC(N)CCC(=O)OC1CC[C@@]2(C)C(=CCC3C2CC[C@@]2(C)C3CC[C@@H]2[C@H](C)CCCC(C)C)C1.C=COCC(O)C(OC(=O)CCCN)C(=O)CCCN. The lowest BCUT2D eigenvalue weighted by atomic mass is 9.47. The van der Waals surface area contributed by atoms with E-state index in [-0.39, 0.29) is 43.3 Å². The Kier molecular flexibility index (Phi) is 19.8. The first-order valence-electron chi connectivity index (χ1n) is 21.9. The molecule has 0 heterocycles. The molecule has 4 aliphatic carbocycles. The molecule has 0 aliphatic heterocycles. The minimum absolute atomic E-state index is 0.0461. The molecule has 11 atom stereocenters. The normalized spacial score (nSPS) is 30.1. The van der Waals surface area contributed by atoms with Crippen LogP contribution in [-0.2, 0) is 28.6 Å². The number of carbonyl (C=O) groups is 3. The molecule has 0 radical (unpaired) electrons. The molecule has 0 aromatic carbocycles. The third-order valence-electron chi connectivity index (χ3n) is 14.1. The Morgan fingerprint density at radius 1 is 0.911 bits per heavy atom. The van der Waals surface area contributed by atoms with Crippen LogP contribution in [0, 0.1) is 46.3 Å². The minimum Gasteiger partial charge on any atom is -0.499 e. The highest BCUT2D eigenvalue weighted by Crippen LogP contribution is 2.67. The highest BCUT2D eigenvalue weighted by Gasteiger charge is 2.59. The summed E-state index contributed by atoms with van der Waals surface area (Å²) in [5, 5.41) is 9.86. The fourth-order valence-electron chi connectivity index (χ4n) is 10.9. The van der Waals surface area contributed by atoms with E-state index in [9.17, 15) is 19.5 Å². The Morgan fingerprint density at radius 3 is 2.29 bits per heavy atom. The average Bonchev–Trinajstić information content (AvgIpc) is 3.53. The van der Waals surface area contributed by atoms with Crippen molar-refractivity contribution in [3.05, 3.63) is 37.1 Å². The van der Waals surface area contributed by atoms with Gasteiger partial charge < -0.3 is 36.5 Å². The van der Waals surface area contributed by atoms with Crippen LogP contribution in [0.5, 0.6) is 0 Å². The van der Waals surface area contributed by atoms with Gasteiger partial charge in [0.15, 0.2) is 11.9 Å². The van der Waals surface area contributed by atoms with Crippen LogP contribution in [0.25, 0.3) is 0 Å². The number of hydrogen-bond acceptors (Lipinski definition) is 10. The molecule has 0 spiro atoms. The lowest BCUT2D eigenvalue weighted by Crippen LogP contribution is -2.51. The summed E-state index contributed by atoms with van der Waals surface area (Å²) in [5.74, 6) is 4.13. The molecule has 0 bridgehead atoms. The van der Waals surface area contributed by atoms with Gasteiger partial charge in [0.1, 0.15) is 18.8 Å². The molecule has 320 valence electrons. The minimum atomic E-state index is -1.24. The molecular weight excluding hydrogens is 707 g/mol. The number of carbonyl (C=O) groups excluding carboxylic acids is 3. The number of allylic oxidation sites excluding steroid dienone is 1. The zero-order valence-electron chi connectivity index (χ0n) is 35.7. The first-order chi connectivity index (χ1) is 26.6.